The molecule has 2 aromatic rings. The normalized spacial score (nSPS) is 15.0. The molecular weight excluding hydrogens is 314 g/mol. The highest BCUT2D eigenvalue weighted by atomic mass is 16.5. The predicted molar refractivity (Wildman–Crippen MR) is 102 cm³/mol. The highest BCUT2D eigenvalue weighted by Gasteiger charge is 2.19. The minimum Gasteiger partial charge on any atom is -0.497 e. The van der Waals surface area contributed by atoms with Crippen LogP contribution in [-0.2, 0) is 11.3 Å². The van der Waals surface area contributed by atoms with Gasteiger partial charge in [-0.25, -0.2) is 0 Å². The first kappa shape index (κ1) is 19.2. The summed E-state index contributed by atoms with van der Waals surface area (Å²) in [7, 11) is 1.64. The van der Waals surface area contributed by atoms with Crippen molar-refractivity contribution in [2.45, 2.75) is 59.4 Å². The lowest BCUT2D eigenvalue weighted by Crippen LogP contribution is -2.23. The molecule has 0 amide bonds. The maximum absolute atomic E-state index is 12.4. The summed E-state index contributed by atoms with van der Waals surface area (Å²) >= 11 is 0. The first-order valence-corrected chi connectivity index (χ1v) is 9.28. The van der Waals surface area contributed by atoms with Crippen LogP contribution in [0.4, 0.5) is 0 Å². The van der Waals surface area contributed by atoms with Crippen LogP contribution in [0.1, 0.15) is 51.5 Å². The highest BCUT2D eigenvalue weighted by molar-refractivity contribution is 5.83. The minimum absolute atomic E-state index is 0.0372. The molecule has 4 nitrogen and oxygen atoms in total. The summed E-state index contributed by atoms with van der Waals surface area (Å²) in [6.45, 7) is 6.66. The summed E-state index contributed by atoms with van der Waals surface area (Å²) < 4.78 is 7.16. The van der Waals surface area contributed by atoms with Crippen molar-refractivity contribution >= 4 is 16.7 Å². The third-order valence-electron chi connectivity index (χ3n) is 4.95. The number of rotatable bonds is 4. The zero-order valence-electron chi connectivity index (χ0n) is 15.8. The summed E-state index contributed by atoms with van der Waals surface area (Å²) in [5, 5.41) is 1.09. The van der Waals surface area contributed by atoms with Gasteiger partial charge in [0.1, 0.15) is 11.5 Å². The van der Waals surface area contributed by atoms with Gasteiger partial charge < -0.3 is 9.30 Å². The van der Waals surface area contributed by atoms with E-state index < -0.39 is 0 Å². The van der Waals surface area contributed by atoms with Crippen LogP contribution in [-0.4, -0.2) is 17.5 Å². The number of Topliss-reactive ketones (excluding diaryl/α,β-unsaturated/α-hetero) is 1. The summed E-state index contributed by atoms with van der Waals surface area (Å²) in [6.07, 6.45) is 4.26. The van der Waals surface area contributed by atoms with Gasteiger partial charge in [-0.05, 0) is 49.8 Å². The monoisotopic (exact) mass is 343 g/mol. The van der Waals surface area contributed by atoms with Gasteiger partial charge in [0, 0.05) is 36.9 Å². The molecule has 1 aliphatic rings. The molecule has 1 aliphatic carbocycles. The first-order valence-electron chi connectivity index (χ1n) is 9.28. The van der Waals surface area contributed by atoms with Crippen molar-refractivity contribution in [1.82, 2.24) is 4.57 Å². The number of benzene rings is 1. The molecule has 3 rings (SSSR count). The van der Waals surface area contributed by atoms with Crippen molar-refractivity contribution in [3.05, 3.63) is 40.2 Å². The van der Waals surface area contributed by atoms with Gasteiger partial charge in [-0.15, -0.1) is 0 Å². The number of fused-ring (bicyclic) bond motifs is 1. The zero-order valence-corrected chi connectivity index (χ0v) is 15.8. The highest BCUT2D eigenvalue weighted by Crippen LogP contribution is 2.26. The lowest BCUT2D eigenvalue weighted by molar-refractivity contribution is -0.121. The number of carbonyl (C=O) groups excluding carboxylic acids is 1. The second kappa shape index (κ2) is 8.84. The smallest absolute Gasteiger partial charge is 0.251 e. The topological polar surface area (TPSA) is 48.3 Å². The van der Waals surface area contributed by atoms with E-state index in [0.717, 1.165) is 41.5 Å². The van der Waals surface area contributed by atoms with E-state index in [1.165, 1.54) is 0 Å². The molecule has 0 N–H and O–H groups in total. The van der Waals surface area contributed by atoms with Gasteiger partial charge in [0.15, 0.2) is 0 Å². The number of pyridine rings is 1. The van der Waals surface area contributed by atoms with E-state index in [9.17, 15) is 9.59 Å². The van der Waals surface area contributed by atoms with E-state index in [1.807, 2.05) is 43.5 Å². The number of nitrogens with zero attached hydrogens (tertiary/aromatic N) is 1. The Balaban J connectivity index is 0.00000109. The molecule has 1 aromatic carbocycles. The van der Waals surface area contributed by atoms with E-state index in [0.29, 0.717) is 31.1 Å². The fraction of sp³-hybridized carbons (Fsp3) is 0.524. The zero-order chi connectivity index (χ0) is 18.4. The quantitative estimate of drug-likeness (QED) is 0.821. The Bertz CT molecular complexity index is 782. The Hall–Kier alpha value is -2.10. The fourth-order valence-electron chi connectivity index (χ4n) is 3.49. The molecule has 0 unspecified atom stereocenters. The Morgan fingerprint density at radius 3 is 2.44 bits per heavy atom. The summed E-state index contributed by atoms with van der Waals surface area (Å²) in [4.78, 5) is 23.8. The molecule has 136 valence electrons. The van der Waals surface area contributed by atoms with Gasteiger partial charge in [-0.3, -0.25) is 9.59 Å². The lowest BCUT2D eigenvalue weighted by Gasteiger charge is -2.22. The van der Waals surface area contributed by atoms with Crippen LogP contribution in [0.3, 0.4) is 0 Å². The van der Waals surface area contributed by atoms with Gasteiger partial charge in [0.2, 0.25) is 0 Å². The SMILES string of the molecule is CC.COc1ccc2c(C)cc(=O)n(CCC3CCC(=O)CC3)c2c1. The van der Waals surface area contributed by atoms with E-state index in [-0.39, 0.29) is 5.56 Å². The van der Waals surface area contributed by atoms with Crippen molar-refractivity contribution in [2.24, 2.45) is 5.92 Å². The van der Waals surface area contributed by atoms with Crippen molar-refractivity contribution < 1.29 is 9.53 Å². The number of aryl methyl sites for hydroxylation is 2. The molecular formula is C21H29NO3. The first-order chi connectivity index (χ1) is 12.1. The van der Waals surface area contributed by atoms with Crippen molar-refractivity contribution in [3.63, 3.8) is 0 Å². The van der Waals surface area contributed by atoms with E-state index in [1.54, 1.807) is 13.2 Å². The Labute approximate surface area is 149 Å². The molecule has 0 atom stereocenters. The molecule has 0 bridgehead atoms. The van der Waals surface area contributed by atoms with Crippen LogP contribution < -0.4 is 10.3 Å². The Morgan fingerprint density at radius 1 is 1.12 bits per heavy atom. The lowest BCUT2D eigenvalue weighted by atomic mass is 9.86. The number of hydrogen-bond donors (Lipinski definition) is 0. The number of carbonyl (C=O) groups is 1. The van der Waals surface area contributed by atoms with Crippen molar-refractivity contribution in [2.75, 3.05) is 7.11 Å². The second-order valence-corrected chi connectivity index (χ2v) is 6.47. The largest absolute Gasteiger partial charge is 0.497 e. The van der Waals surface area contributed by atoms with E-state index >= 15 is 0 Å². The van der Waals surface area contributed by atoms with E-state index in [2.05, 4.69) is 0 Å². The Morgan fingerprint density at radius 2 is 1.80 bits per heavy atom. The average molecular weight is 343 g/mol. The minimum atomic E-state index is 0.0372. The number of hydrogen-bond acceptors (Lipinski definition) is 3. The van der Waals surface area contributed by atoms with Gasteiger partial charge in [-0.1, -0.05) is 13.8 Å². The van der Waals surface area contributed by atoms with Gasteiger partial charge >= 0.3 is 0 Å². The maximum Gasteiger partial charge on any atom is 0.251 e. The van der Waals surface area contributed by atoms with E-state index in [4.69, 9.17) is 4.74 Å². The summed E-state index contributed by atoms with van der Waals surface area (Å²) in [6, 6.07) is 7.59. The maximum atomic E-state index is 12.4. The third-order valence-corrected chi connectivity index (χ3v) is 4.95. The van der Waals surface area contributed by atoms with Crippen LogP contribution in [0, 0.1) is 12.8 Å². The number of ketones is 1. The molecule has 4 heteroatoms. The van der Waals surface area contributed by atoms with Gasteiger partial charge in [-0.2, -0.15) is 0 Å². The van der Waals surface area contributed by atoms with Crippen LogP contribution in [0.2, 0.25) is 0 Å². The molecule has 0 saturated heterocycles. The number of ether oxygens (including phenoxy) is 1. The molecule has 1 fully saturated rings. The number of aromatic nitrogens is 1. The fourth-order valence-corrected chi connectivity index (χ4v) is 3.49. The van der Waals surface area contributed by atoms with Gasteiger partial charge in [0.25, 0.3) is 5.56 Å². The summed E-state index contributed by atoms with van der Waals surface area (Å²) in [5.41, 5.74) is 1.96. The molecule has 0 aliphatic heterocycles. The van der Waals surface area contributed by atoms with Gasteiger partial charge in [0.05, 0.1) is 12.6 Å². The van der Waals surface area contributed by atoms with Crippen molar-refractivity contribution in [1.29, 1.82) is 0 Å². The van der Waals surface area contributed by atoms with Crippen molar-refractivity contribution in [3.8, 4) is 5.75 Å². The predicted octanol–water partition coefficient (Wildman–Crippen LogP) is 4.49. The molecule has 1 saturated carbocycles. The average Bonchev–Trinajstić information content (AvgIpc) is 2.64. The second-order valence-electron chi connectivity index (χ2n) is 6.47. The molecule has 25 heavy (non-hydrogen) atoms. The Kier molecular flexibility index (Phi) is 6.80. The van der Waals surface area contributed by atoms with Crippen LogP contribution in [0.15, 0.2) is 29.1 Å². The van der Waals surface area contributed by atoms with Crippen LogP contribution >= 0.6 is 0 Å². The molecule has 0 radical (unpaired) electrons. The standard InChI is InChI=1S/C19H23NO3.C2H6/c1-13-11-19(22)20(10-9-14-3-5-15(21)6-4-14)18-12-16(23-2)7-8-17(13)18;1-2/h7-8,11-12,14H,3-6,9-10H2,1-2H3;1-2H3. The molecule has 1 heterocycles. The molecule has 0 spiro atoms. The number of methoxy groups -OCH3 is 1. The molecule has 1 aromatic heterocycles. The third kappa shape index (κ3) is 4.50. The van der Waals surface area contributed by atoms with Crippen LogP contribution in [0.5, 0.6) is 5.75 Å². The summed E-state index contributed by atoms with van der Waals surface area (Å²) in [5.74, 6) is 1.69. The van der Waals surface area contributed by atoms with Crippen LogP contribution in [0.25, 0.3) is 10.9 Å².